The third kappa shape index (κ3) is 4.18. The lowest BCUT2D eigenvalue weighted by molar-refractivity contribution is 0.469. The van der Waals surface area contributed by atoms with Gasteiger partial charge in [-0.2, -0.15) is 0 Å². The zero-order valence-electron chi connectivity index (χ0n) is 11.9. The first kappa shape index (κ1) is 13.7. The molecule has 0 radical (unpaired) electrons. The van der Waals surface area contributed by atoms with Crippen LogP contribution in [0.3, 0.4) is 0 Å². The van der Waals surface area contributed by atoms with Gasteiger partial charge in [0.1, 0.15) is 0 Å². The molecule has 0 saturated heterocycles. The Hall–Kier alpha value is -0.730. The van der Waals surface area contributed by atoms with E-state index in [1.54, 1.807) is 0 Å². The monoisotopic (exact) mass is 251 g/mol. The van der Waals surface area contributed by atoms with E-state index in [1.807, 2.05) is 0 Å². The second kappa shape index (κ2) is 6.44. The molecule has 2 aliphatic rings. The summed E-state index contributed by atoms with van der Waals surface area (Å²) in [5.74, 6) is 0.685. The predicted octanol–water partition coefficient (Wildman–Crippen LogP) is 3.19. The van der Waals surface area contributed by atoms with E-state index in [2.05, 4.69) is 17.2 Å². The van der Waals surface area contributed by atoms with E-state index in [0.717, 1.165) is 6.54 Å². The summed E-state index contributed by atoms with van der Waals surface area (Å²) < 4.78 is 0. The highest BCUT2D eigenvalue weighted by molar-refractivity contribution is 5.78. The van der Waals surface area contributed by atoms with Crippen molar-refractivity contribution in [3.8, 4) is 0 Å². The fourth-order valence-corrected chi connectivity index (χ4v) is 3.13. The highest BCUT2D eigenvalue weighted by atomic mass is 15.1. The zero-order valence-corrected chi connectivity index (χ0v) is 11.9. The first-order valence-electron chi connectivity index (χ1n) is 7.81. The molecule has 2 saturated carbocycles. The molecule has 0 atom stereocenters. The molecule has 0 amide bonds. The second-order valence-corrected chi connectivity index (χ2v) is 6.28. The molecule has 0 aliphatic heterocycles. The summed E-state index contributed by atoms with van der Waals surface area (Å²) in [6.07, 6.45) is 13.2. The van der Waals surface area contributed by atoms with Crippen LogP contribution in [0.2, 0.25) is 0 Å². The summed E-state index contributed by atoms with van der Waals surface area (Å²) >= 11 is 0. The third-order valence-corrected chi connectivity index (χ3v) is 4.53. The van der Waals surface area contributed by atoms with Gasteiger partial charge in [0.05, 0.1) is 0 Å². The first-order chi connectivity index (χ1) is 8.74. The molecule has 0 aromatic heterocycles. The van der Waals surface area contributed by atoms with Gasteiger partial charge in [-0.25, -0.2) is 0 Å². The van der Waals surface area contributed by atoms with Gasteiger partial charge in [0, 0.05) is 12.6 Å². The van der Waals surface area contributed by atoms with E-state index < -0.39 is 0 Å². The zero-order chi connectivity index (χ0) is 12.8. The van der Waals surface area contributed by atoms with Gasteiger partial charge < -0.3 is 11.1 Å². The lowest BCUT2D eigenvalue weighted by Gasteiger charge is -2.17. The molecular formula is C15H29N3. The Morgan fingerprint density at radius 3 is 2.44 bits per heavy atom. The van der Waals surface area contributed by atoms with Crippen LogP contribution in [0, 0.1) is 5.41 Å². The summed E-state index contributed by atoms with van der Waals surface area (Å²) in [5, 5.41) is 3.43. The molecule has 2 fully saturated rings. The first-order valence-corrected chi connectivity index (χ1v) is 7.81. The Bertz CT molecular complexity index is 273. The van der Waals surface area contributed by atoms with Gasteiger partial charge in [-0.15, -0.1) is 0 Å². The van der Waals surface area contributed by atoms with E-state index in [4.69, 9.17) is 5.73 Å². The maximum absolute atomic E-state index is 6.03. The summed E-state index contributed by atoms with van der Waals surface area (Å²) in [6, 6.07) is 0.567. The molecule has 2 rings (SSSR count). The fourth-order valence-electron chi connectivity index (χ4n) is 3.13. The number of nitrogens with one attached hydrogen (secondary N) is 1. The molecule has 0 aromatic carbocycles. The number of hydrogen-bond donors (Lipinski definition) is 2. The van der Waals surface area contributed by atoms with Crippen molar-refractivity contribution in [2.24, 2.45) is 16.1 Å². The minimum atomic E-state index is 0.518. The molecule has 104 valence electrons. The van der Waals surface area contributed by atoms with Crippen LogP contribution in [-0.4, -0.2) is 18.5 Å². The van der Waals surface area contributed by atoms with Crippen molar-refractivity contribution in [1.82, 2.24) is 5.32 Å². The molecular weight excluding hydrogens is 222 g/mol. The third-order valence-electron chi connectivity index (χ3n) is 4.53. The van der Waals surface area contributed by atoms with Crippen molar-refractivity contribution < 1.29 is 0 Å². The Morgan fingerprint density at radius 2 is 1.89 bits per heavy atom. The average molecular weight is 251 g/mol. The number of guanidine groups is 1. The lowest BCUT2D eigenvalue weighted by atomic mass is 10.0. The van der Waals surface area contributed by atoms with E-state index >= 15 is 0 Å². The normalized spacial score (nSPS) is 24.6. The van der Waals surface area contributed by atoms with Gasteiger partial charge in [0.25, 0.3) is 0 Å². The lowest BCUT2D eigenvalue weighted by Crippen LogP contribution is -2.40. The van der Waals surface area contributed by atoms with Gasteiger partial charge >= 0.3 is 0 Å². The van der Waals surface area contributed by atoms with Crippen molar-refractivity contribution in [2.75, 3.05) is 6.54 Å². The summed E-state index contributed by atoms with van der Waals surface area (Å²) in [7, 11) is 0. The average Bonchev–Trinajstić information content (AvgIpc) is 3.13. The van der Waals surface area contributed by atoms with Crippen LogP contribution < -0.4 is 11.1 Å². The Balaban J connectivity index is 1.74. The Kier molecular flexibility index (Phi) is 4.90. The number of nitrogens with two attached hydrogens (primary N) is 1. The van der Waals surface area contributed by atoms with Crippen molar-refractivity contribution in [3.63, 3.8) is 0 Å². The molecule has 0 spiro atoms. The molecule has 2 aliphatic carbocycles. The second-order valence-electron chi connectivity index (χ2n) is 6.28. The minimum absolute atomic E-state index is 0.518. The van der Waals surface area contributed by atoms with Gasteiger partial charge in [-0.05, 0) is 37.5 Å². The van der Waals surface area contributed by atoms with Crippen LogP contribution in [0.1, 0.15) is 71.1 Å². The highest BCUT2D eigenvalue weighted by Crippen LogP contribution is 2.49. The van der Waals surface area contributed by atoms with E-state index in [9.17, 15) is 0 Å². The van der Waals surface area contributed by atoms with Crippen molar-refractivity contribution in [2.45, 2.75) is 77.2 Å². The molecule has 0 bridgehead atoms. The van der Waals surface area contributed by atoms with E-state index in [0.29, 0.717) is 17.4 Å². The van der Waals surface area contributed by atoms with Crippen molar-refractivity contribution >= 4 is 5.96 Å². The van der Waals surface area contributed by atoms with Crippen LogP contribution in [0.25, 0.3) is 0 Å². The van der Waals surface area contributed by atoms with Gasteiger partial charge in [0.15, 0.2) is 5.96 Å². The number of aliphatic imine (C=N–C) groups is 1. The number of hydrogen-bond acceptors (Lipinski definition) is 1. The molecule has 3 nitrogen and oxygen atoms in total. The van der Waals surface area contributed by atoms with Crippen molar-refractivity contribution in [3.05, 3.63) is 0 Å². The summed E-state index contributed by atoms with van der Waals surface area (Å²) in [5.41, 5.74) is 6.54. The smallest absolute Gasteiger partial charge is 0.188 e. The minimum Gasteiger partial charge on any atom is -0.370 e. The van der Waals surface area contributed by atoms with E-state index in [-0.39, 0.29) is 0 Å². The molecule has 0 unspecified atom stereocenters. The van der Waals surface area contributed by atoms with Crippen LogP contribution >= 0.6 is 0 Å². The van der Waals surface area contributed by atoms with Crippen LogP contribution in [0.15, 0.2) is 4.99 Å². The van der Waals surface area contributed by atoms with Gasteiger partial charge in [0.2, 0.25) is 0 Å². The predicted molar refractivity (Wildman–Crippen MR) is 77.7 cm³/mol. The van der Waals surface area contributed by atoms with Crippen molar-refractivity contribution in [1.29, 1.82) is 0 Å². The summed E-state index contributed by atoms with van der Waals surface area (Å²) in [6.45, 7) is 3.20. The highest BCUT2D eigenvalue weighted by Gasteiger charge is 2.41. The maximum Gasteiger partial charge on any atom is 0.188 e. The molecule has 3 N–H and O–H groups in total. The SMILES string of the molecule is CCCC1(CN=C(N)NC2CCCCCC2)CC1. The van der Waals surface area contributed by atoms with Crippen LogP contribution in [0.5, 0.6) is 0 Å². The number of nitrogens with zero attached hydrogens (tertiary/aromatic N) is 1. The van der Waals surface area contributed by atoms with Gasteiger partial charge in [-0.1, -0.05) is 39.0 Å². The topological polar surface area (TPSA) is 50.4 Å². The standard InChI is InChI=1S/C15H29N3/c1-2-9-15(10-11-15)12-17-14(16)18-13-7-5-3-4-6-8-13/h13H,2-12H2,1H3,(H3,16,17,18). The molecule has 0 heterocycles. The van der Waals surface area contributed by atoms with Gasteiger partial charge in [-0.3, -0.25) is 4.99 Å². The number of rotatable bonds is 5. The summed E-state index contributed by atoms with van der Waals surface area (Å²) in [4.78, 5) is 4.58. The fraction of sp³-hybridized carbons (Fsp3) is 0.933. The van der Waals surface area contributed by atoms with Crippen LogP contribution in [0.4, 0.5) is 0 Å². The quantitative estimate of drug-likeness (QED) is 0.448. The van der Waals surface area contributed by atoms with E-state index in [1.165, 1.54) is 64.2 Å². The Morgan fingerprint density at radius 1 is 1.22 bits per heavy atom. The Labute approximate surface area is 112 Å². The maximum atomic E-state index is 6.03. The molecule has 0 aromatic rings. The van der Waals surface area contributed by atoms with Crippen LogP contribution in [-0.2, 0) is 0 Å². The largest absolute Gasteiger partial charge is 0.370 e. The molecule has 3 heteroatoms. The molecule has 18 heavy (non-hydrogen) atoms.